The van der Waals surface area contributed by atoms with Gasteiger partial charge in [0.2, 0.25) is 0 Å². The highest BCUT2D eigenvalue weighted by atomic mass is 79.9. The van der Waals surface area contributed by atoms with Crippen LogP contribution in [0.25, 0.3) is 0 Å². The van der Waals surface area contributed by atoms with Crippen LogP contribution in [0.15, 0.2) is 44.9 Å². The highest BCUT2D eigenvalue weighted by Crippen LogP contribution is 2.30. The van der Waals surface area contributed by atoms with Gasteiger partial charge in [0.05, 0.1) is 0 Å². The van der Waals surface area contributed by atoms with Crippen LogP contribution < -0.4 is 0 Å². The number of hydrogen-bond donors (Lipinski definition) is 0. The van der Waals surface area contributed by atoms with E-state index in [0.29, 0.717) is 0 Å². The van der Waals surface area contributed by atoms with E-state index in [0.717, 1.165) is 20.3 Å². The summed E-state index contributed by atoms with van der Waals surface area (Å²) in [5, 5.41) is 0.803. The fourth-order valence-electron chi connectivity index (χ4n) is 1.44. The zero-order chi connectivity index (χ0) is 14.0. The number of rotatable bonds is 2. The van der Waals surface area contributed by atoms with Gasteiger partial charge in [0.1, 0.15) is 21.3 Å². The molecule has 0 spiro atoms. The van der Waals surface area contributed by atoms with Crippen molar-refractivity contribution >= 4 is 27.7 Å². The molecule has 0 aliphatic heterocycles. The first kappa shape index (κ1) is 14.5. The molecule has 2 aromatic rings. The van der Waals surface area contributed by atoms with E-state index < -0.39 is 0 Å². The lowest BCUT2D eigenvalue weighted by Gasteiger charge is -2.17. The summed E-state index contributed by atoms with van der Waals surface area (Å²) in [6, 6.07) is 8.32. The van der Waals surface area contributed by atoms with E-state index in [4.69, 9.17) is 0 Å². The monoisotopic (exact) mass is 340 g/mol. The van der Waals surface area contributed by atoms with E-state index in [2.05, 4.69) is 46.7 Å². The molecular formula is C14H14BrFN2S. The average molecular weight is 341 g/mol. The van der Waals surface area contributed by atoms with Crippen molar-refractivity contribution < 1.29 is 4.39 Å². The van der Waals surface area contributed by atoms with E-state index in [1.54, 1.807) is 6.07 Å². The smallest absolute Gasteiger partial charge is 0.136 e. The molecule has 0 N–H and O–H groups in total. The lowest BCUT2D eigenvalue weighted by Crippen LogP contribution is -2.16. The summed E-state index contributed by atoms with van der Waals surface area (Å²) in [5.41, 5.74) is -0.124. The van der Waals surface area contributed by atoms with Gasteiger partial charge in [-0.1, -0.05) is 38.6 Å². The second kappa shape index (κ2) is 5.59. The molecule has 2 rings (SSSR count). The van der Waals surface area contributed by atoms with Gasteiger partial charge in [-0.15, -0.1) is 0 Å². The average Bonchev–Trinajstić information content (AvgIpc) is 2.26. The SMILES string of the molecule is CC(C)(C)c1nc(Br)cc(Sc2cccc(F)c2)n1. The van der Waals surface area contributed by atoms with Crippen molar-refractivity contribution in [1.29, 1.82) is 0 Å². The standard InChI is InChI=1S/C14H14BrFN2S/c1-14(2,3)13-17-11(15)8-12(18-13)19-10-6-4-5-9(16)7-10/h4-8H,1-3H3. The molecule has 5 heteroatoms. The zero-order valence-corrected chi connectivity index (χ0v) is 13.3. The largest absolute Gasteiger partial charge is 0.226 e. The van der Waals surface area contributed by atoms with Crippen LogP contribution in [0.5, 0.6) is 0 Å². The summed E-state index contributed by atoms with van der Waals surface area (Å²) in [6.45, 7) is 6.18. The van der Waals surface area contributed by atoms with E-state index in [-0.39, 0.29) is 11.2 Å². The summed E-state index contributed by atoms with van der Waals surface area (Å²) < 4.78 is 13.9. The Hall–Kier alpha value is -0.940. The molecule has 0 aliphatic carbocycles. The fourth-order valence-corrected chi connectivity index (χ4v) is 2.83. The highest BCUT2D eigenvalue weighted by molar-refractivity contribution is 9.10. The van der Waals surface area contributed by atoms with Gasteiger partial charge in [-0.3, -0.25) is 0 Å². The zero-order valence-electron chi connectivity index (χ0n) is 10.9. The summed E-state index contributed by atoms with van der Waals surface area (Å²) >= 11 is 4.82. The van der Waals surface area contributed by atoms with Crippen molar-refractivity contribution in [1.82, 2.24) is 9.97 Å². The third-order valence-electron chi connectivity index (χ3n) is 2.36. The van der Waals surface area contributed by atoms with Crippen LogP contribution in [0.1, 0.15) is 26.6 Å². The van der Waals surface area contributed by atoms with E-state index >= 15 is 0 Å². The van der Waals surface area contributed by atoms with Crippen molar-refractivity contribution in [2.75, 3.05) is 0 Å². The van der Waals surface area contributed by atoms with Gasteiger partial charge in [0.25, 0.3) is 0 Å². The minimum absolute atomic E-state index is 0.124. The van der Waals surface area contributed by atoms with Gasteiger partial charge in [0.15, 0.2) is 0 Å². The van der Waals surface area contributed by atoms with Crippen LogP contribution >= 0.6 is 27.7 Å². The summed E-state index contributed by atoms with van der Waals surface area (Å²) in [4.78, 5) is 9.74. The first-order valence-electron chi connectivity index (χ1n) is 5.83. The van der Waals surface area contributed by atoms with Crippen LogP contribution in [0.3, 0.4) is 0 Å². The molecule has 0 amide bonds. The summed E-state index contributed by atoms with van der Waals surface area (Å²) in [5.74, 6) is 0.523. The quantitative estimate of drug-likeness (QED) is 0.732. The Morgan fingerprint density at radius 2 is 1.89 bits per heavy atom. The lowest BCUT2D eigenvalue weighted by atomic mass is 9.96. The van der Waals surface area contributed by atoms with E-state index in [9.17, 15) is 4.39 Å². The van der Waals surface area contributed by atoms with Crippen molar-refractivity contribution in [3.8, 4) is 0 Å². The van der Waals surface area contributed by atoms with Crippen LogP contribution in [0.4, 0.5) is 4.39 Å². The second-order valence-corrected chi connectivity index (χ2v) is 7.07. The number of halogens is 2. The Morgan fingerprint density at radius 1 is 1.16 bits per heavy atom. The first-order chi connectivity index (χ1) is 8.84. The van der Waals surface area contributed by atoms with Crippen molar-refractivity contribution in [3.05, 3.63) is 46.6 Å². The predicted molar refractivity (Wildman–Crippen MR) is 79.0 cm³/mol. The first-order valence-corrected chi connectivity index (χ1v) is 7.44. The van der Waals surface area contributed by atoms with Gasteiger partial charge < -0.3 is 0 Å². The highest BCUT2D eigenvalue weighted by Gasteiger charge is 2.19. The summed E-state index contributed by atoms with van der Waals surface area (Å²) in [6.07, 6.45) is 0. The molecule has 100 valence electrons. The van der Waals surface area contributed by atoms with Crippen molar-refractivity contribution in [2.45, 2.75) is 36.1 Å². The van der Waals surface area contributed by atoms with Crippen LogP contribution in [0, 0.1) is 5.82 Å². The van der Waals surface area contributed by atoms with Gasteiger partial charge in [-0.25, -0.2) is 14.4 Å². The number of hydrogen-bond acceptors (Lipinski definition) is 3. The molecule has 0 radical (unpaired) electrons. The Kier molecular flexibility index (Phi) is 4.26. The van der Waals surface area contributed by atoms with Crippen LogP contribution in [-0.2, 0) is 5.41 Å². The maximum Gasteiger partial charge on any atom is 0.136 e. The van der Waals surface area contributed by atoms with E-state index in [1.807, 2.05) is 12.1 Å². The molecule has 1 aromatic carbocycles. The third-order valence-corrected chi connectivity index (χ3v) is 3.67. The molecule has 2 nitrogen and oxygen atoms in total. The topological polar surface area (TPSA) is 25.8 Å². The van der Waals surface area contributed by atoms with Crippen LogP contribution in [0.2, 0.25) is 0 Å². The van der Waals surface area contributed by atoms with E-state index in [1.165, 1.54) is 23.9 Å². The maximum atomic E-state index is 13.2. The lowest BCUT2D eigenvalue weighted by molar-refractivity contribution is 0.536. The predicted octanol–water partition coefficient (Wildman–Crippen LogP) is 4.83. The van der Waals surface area contributed by atoms with Gasteiger partial charge >= 0.3 is 0 Å². The Balaban J connectivity index is 2.33. The second-order valence-electron chi connectivity index (χ2n) is 5.16. The molecule has 0 atom stereocenters. The Bertz CT molecular complexity index is 596. The minimum atomic E-state index is -0.242. The molecule has 1 aromatic heterocycles. The number of benzene rings is 1. The number of aromatic nitrogens is 2. The Morgan fingerprint density at radius 3 is 2.53 bits per heavy atom. The molecule has 1 heterocycles. The molecule has 0 fully saturated rings. The molecule has 0 bridgehead atoms. The molecule has 0 unspecified atom stereocenters. The minimum Gasteiger partial charge on any atom is -0.226 e. The third kappa shape index (κ3) is 4.01. The van der Waals surface area contributed by atoms with Crippen molar-refractivity contribution in [2.24, 2.45) is 0 Å². The number of nitrogens with zero attached hydrogens (tertiary/aromatic N) is 2. The maximum absolute atomic E-state index is 13.2. The fraction of sp³-hybridized carbons (Fsp3) is 0.286. The Labute approximate surface area is 125 Å². The molecular weight excluding hydrogens is 327 g/mol. The van der Waals surface area contributed by atoms with Crippen molar-refractivity contribution in [3.63, 3.8) is 0 Å². The summed E-state index contributed by atoms with van der Waals surface area (Å²) in [7, 11) is 0. The van der Waals surface area contributed by atoms with Gasteiger partial charge in [-0.05, 0) is 34.1 Å². The normalized spacial score (nSPS) is 11.6. The molecule has 0 saturated heterocycles. The molecule has 19 heavy (non-hydrogen) atoms. The van der Waals surface area contributed by atoms with Gasteiger partial charge in [-0.2, -0.15) is 0 Å². The molecule has 0 saturated carbocycles. The van der Waals surface area contributed by atoms with Gasteiger partial charge in [0, 0.05) is 16.4 Å². The van der Waals surface area contributed by atoms with Crippen LogP contribution in [-0.4, -0.2) is 9.97 Å². The molecule has 0 aliphatic rings.